The lowest BCUT2D eigenvalue weighted by Gasteiger charge is -2.15. The minimum absolute atomic E-state index is 0.0768. The zero-order valence-electron chi connectivity index (χ0n) is 15.6. The molecule has 2 aliphatic heterocycles. The van der Waals surface area contributed by atoms with Crippen molar-refractivity contribution in [2.24, 2.45) is 10.1 Å². The molecule has 1 saturated heterocycles. The van der Waals surface area contributed by atoms with E-state index in [9.17, 15) is 4.79 Å². The molecule has 2 aliphatic rings. The largest absolute Gasteiger partial charge is 0.357 e. The molecule has 0 saturated carbocycles. The predicted molar refractivity (Wildman–Crippen MR) is 111 cm³/mol. The Kier molecular flexibility index (Phi) is 5.03. The van der Waals surface area contributed by atoms with Crippen molar-refractivity contribution in [3.8, 4) is 0 Å². The summed E-state index contributed by atoms with van der Waals surface area (Å²) in [6.45, 7) is 5.87. The van der Waals surface area contributed by atoms with Crippen LogP contribution in [0.5, 0.6) is 0 Å². The van der Waals surface area contributed by atoms with Gasteiger partial charge in [0.2, 0.25) is 0 Å². The summed E-state index contributed by atoms with van der Waals surface area (Å²) in [6, 6.07) is 8.01. The van der Waals surface area contributed by atoms with E-state index in [1.807, 2.05) is 29.3 Å². The molecule has 1 fully saturated rings. The van der Waals surface area contributed by atoms with Crippen LogP contribution in [0.3, 0.4) is 0 Å². The van der Waals surface area contributed by atoms with Crippen molar-refractivity contribution in [1.29, 1.82) is 0 Å². The number of aliphatic imine (C=N–C) groups is 1. The fourth-order valence-corrected chi connectivity index (χ4v) is 4.04. The van der Waals surface area contributed by atoms with Crippen molar-refractivity contribution in [1.82, 2.24) is 15.3 Å². The normalized spacial score (nSPS) is 18.5. The van der Waals surface area contributed by atoms with Crippen LogP contribution in [0, 0.1) is 13.8 Å². The number of hydrogen-bond acceptors (Lipinski definition) is 4. The number of aromatic nitrogens is 1. The number of amidine groups is 1. The number of carbonyl (C=O) groups is 1. The van der Waals surface area contributed by atoms with Crippen LogP contribution < -0.4 is 5.43 Å². The van der Waals surface area contributed by atoms with E-state index in [4.69, 9.17) is 0 Å². The summed E-state index contributed by atoms with van der Waals surface area (Å²) >= 11 is 1.62. The number of nitrogens with zero attached hydrogens (tertiary/aromatic N) is 3. The Morgan fingerprint density at radius 3 is 2.81 bits per heavy atom. The second kappa shape index (κ2) is 7.60. The molecule has 0 radical (unpaired) electrons. The van der Waals surface area contributed by atoms with Crippen molar-refractivity contribution in [2.45, 2.75) is 26.7 Å². The van der Waals surface area contributed by atoms with E-state index in [0.717, 1.165) is 48.1 Å². The maximum Gasteiger partial charge on any atom is 0.270 e. The van der Waals surface area contributed by atoms with Crippen LogP contribution in [0.1, 0.15) is 40.0 Å². The second-order valence-electron chi connectivity index (χ2n) is 6.90. The Hall–Kier alpha value is -2.54. The van der Waals surface area contributed by atoms with Gasteiger partial charge >= 0.3 is 0 Å². The maximum atomic E-state index is 12.5. The lowest BCUT2D eigenvalue weighted by Crippen LogP contribution is -2.28. The molecule has 1 aromatic heterocycles. The van der Waals surface area contributed by atoms with Gasteiger partial charge in [-0.15, -0.1) is 0 Å². The third-order valence-corrected chi connectivity index (χ3v) is 5.94. The standard InChI is InChI=1S/C20H23N5OS/c1-13-6-5-7-16(14(13)2)22-20-24-23-18(12-27-20)15-10-17(21-11-15)19(26)25-8-3-4-9-25/h5-7,10-11,21H,3-4,8-9,12H2,1-2H3,(H,22,24). The molecular weight excluding hydrogens is 358 g/mol. The number of H-pyrrole nitrogens is 1. The molecule has 0 spiro atoms. The third-order valence-electron chi connectivity index (χ3n) is 5.07. The summed E-state index contributed by atoms with van der Waals surface area (Å²) in [6.07, 6.45) is 4.04. The number of aryl methyl sites for hydroxylation is 1. The number of thioether (sulfide) groups is 1. The zero-order valence-corrected chi connectivity index (χ0v) is 16.4. The summed E-state index contributed by atoms with van der Waals surface area (Å²) in [4.78, 5) is 22.2. The molecule has 140 valence electrons. The molecule has 2 aromatic rings. The van der Waals surface area contributed by atoms with Crippen molar-refractivity contribution in [3.05, 3.63) is 52.8 Å². The molecule has 6 nitrogen and oxygen atoms in total. The highest BCUT2D eigenvalue weighted by Crippen LogP contribution is 2.24. The van der Waals surface area contributed by atoms with E-state index in [1.54, 1.807) is 11.8 Å². The third kappa shape index (κ3) is 3.78. The van der Waals surface area contributed by atoms with Crippen LogP contribution in [0.25, 0.3) is 0 Å². The van der Waals surface area contributed by atoms with E-state index >= 15 is 0 Å². The number of nitrogens with one attached hydrogen (secondary N) is 2. The van der Waals surface area contributed by atoms with Crippen LogP contribution in [0.15, 0.2) is 40.6 Å². The highest BCUT2D eigenvalue weighted by Gasteiger charge is 2.22. The summed E-state index contributed by atoms with van der Waals surface area (Å²) in [7, 11) is 0. The zero-order chi connectivity index (χ0) is 18.8. The smallest absolute Gasteiger partial charge is 0.270 e. The molecule has 7 heteroatoms. The summed E-state index contributed by atoms with van der Waals surface area (Å²) in [5, 5.41) is 5.26. The number of likely N-dealkylation sites (tertiary alicyclic amines) is 1. The number of carbonyl (C=O) groups excluding carboxylic acids is 1. The first-order valence-corrected chi connectivity index (χ1v) is 10.2. The highest BCUT2D eigenvalue weighted by atomic mass is 32.2. The van der Waals surface area contributed by atoms with Gasteiger partial charge in [0.05, 0.1) is 11.4 Å². The quantitative estimate of drug-likeness (QED) is 0.853. The monoisotopic (exact) mass is 381 g/mol. The van der Waals surface area contributed by atoms with Gasteiger partial charge in [0.25, 0.3) is 5.91 Å². The average Bonchev–Trinajstić information content (AvgIpc) is 3.38. The molecule has 3 heterocycles. The van der Waals surface area contributed by atoms with Crippen molar-refractivity contribution >= 4 is 34.2 Å². The number of rotatable bonds is 3. The van der Waals surface area contributed by atoms with Gasteiger partial charge in [0, 0.05) is 30.6 Å². The fraction of sp³-hybridized carbons (Fsp3) is 0.350. The molecule has 2 N–H and O–H groups in total. The van der Waals surface area contributed by atoms with Gasteiger partial charge in [0.1, 0.15) is 5.69 Å². The molecule has 0 atom stereocenters. The second-order valence-corrected chi connectivity index (χ2v) is 7.86. The lowest BCUT2D eigenvalue weighted by molar-refractivity contribution is 0.0787. The van der Waals surface area contributed by atoms with Gasteiger partial charge in [-0.3, -0.25) is 10.2 Å². The summed E-state index contributed by atoms with van der Waals surface area (Å²) < 4.78 is 0. The first-order valence-electron chi connectivity index (χ1n) is 9.20. The number of hydrogen-bond donors (Lipinski definition) is 2. The number of amides is 1. The molecule has 1 aromatic carbocycles. The Morgan fingerprint density at radius 1 is 1.26 bits per heavy atom. The number of benzene rings is 1. The summed E-state index contributed by atoms with van der Waals surface area (Å²) in [5.74, 6) is 0.791. The predicted octanol–water partition coefficient (Wildman–Crippen LogP) is 3.60. The Labute approximate surface area is 163 Å². The molecule has 0 unspecified atom stereocenters. The maximum absolute atomic E-state index is 12.5. The van der Waals surface area contributed by atoms with Crippen molar-refractivity contribution < 1.29 is 4.79 Å². The van der Waals surface area contributed by atoms with Crippen LogP contribution in [0.4, 0.5) is 5.69 Å². The van der Waals surface area contributed by atoms with Gasteiger partial charge < -0.3 is 9.88 Å². The SMILES string of the molecule is Cc1cccc(N=C2NN=C(c3c[nH]c(C(=O)N4CCCC4)c3)CS2)c1C. The van der Waals surface area contributed by atoms with E-state index < -0.39 is 0 Å². The topological polar surface area (TPSA) is 72.8 Å². The van der Waals surface area contributed by atoms with E-state index in [0.29, 0.717) is 11.4 Å². The van der Waals surface area contributed by atoms with E-state index in [1.165, 1.54) is 11.1 Å². The van der Waals surface area contributed by atoms with Crippen LogP contribution >= 0.6 is 11.8 Å². The molecule has 0 aliphatic carbocycles. The first-order chi connectivity index (χ1) is 13.1. The molecule has 4 rings (SSSR count). The van der Waals surface area contributed by atoms with Crippen LogP contribution in [0.2, 0.25) is 0 Å². The highest BCUT2D eigenvalue weighted by molar-refractivity contribution is 8.14. The van der Waals surface area contributed by atoms with Gasteiger partial charge in [-0.05, 0) is 49.9 Å². The molecule has 27 heavy (non-hydrogen) atoms. The van der Waals surface area contributed by atoms with Gasteiger partial charge in [-0.25, -0.2) is 4.99 Å². The van der Waals surface area contributed by atoms with Crippen molar-refractivity contribution in [3.63, 3.8) is 0 Å². The van der Waals surface area contributed by atoms with Crippen molar-refractivity contribution in [2.75, 3.05) is 18.8 Å². The first kappa shape index (κ1) is 17.9. The van der Waals surface area contributed by atoms with Crippen LogP contribution in [-0.2, 0) is 0 Å². The van der Waals surface area contributed by atoms with Gasteiger partial charge in [0.15, 0.2) is 5.17 Å². The fourth-order valence-electron chi connectivity index (χ4n) is 3.26. The number of hydrazone groups is 1. The minimum Gasteiger partial charge on any atom is -0.357 e. The van der Waals surface area contributed by atoms with E-state index in [2.05, 4.69) is 40.4 Å². The Morgan fingerprint density at radius 2 is 2.07 bits per heavy atom. The molecular formula is C20H23N5OS. The molecule has 0 bridgehead atoms. The Balaban J connectivity index is 1.47. The van der Waals surface area contributed by atoms with Gasteiger partial charge in [-0.1, -0.05) is 23.9 Å². The van der Waals surface area contributed by atoms with Gasteiger partial charge in [-0.2, -0.15) is 5.10 Å². The number of aromatic amines is 1. The average molecular weight is 382 g/mol. The van der Waals surface area contributed by atoms with E-state index in [-0.39, 0.29) is 5.91 Å². The Bertz CT molecular complexity index is 924. The van der Waals surface area contributed by atoms with Crippen LogP contribution in [-0.4, -0.2) is 45.5 Å². The lowest BCUT2D eigenvalue weighted by atomic mass is 10.1. The molecule has 1 amide bonds. The summed E-state index contributed by atoms with van der Waals surface area (Å²) in [5.41, 5.74) is 8.91. The minimum atomic E-state index is 0.0768.